The number of fused-ring (bicyclic) bond motifs is 1. The van der Waals surface area contributed by atoms with Gasteiger partial charge in [-0.3, -0.25) is 10.1 Å². The highest BCUT2D eigenvalue weighted by Crippen LogP contribution is 2.31. The summed E-state index contributed by atoms with van der Waals surface area (Å²) in [6.07, 6.45) is 2.22. The molecule has 0 bridgehead atoms. The number of rotatable bonds is 8. The fraction of sp³-hybridized carbons (Fsp3) is 0.174. The molecule has 3 N–H and O–H groups in total. The van der Waals surface area contributed by atoms with E-state index in [2.05, 4.69) is 10.3 Å². The number of hydrogen-bond acceptors (Lipinski definition) is 4. The Morgan fingerprint density at radius 3 is 2.83 bits per heavy atom. The van der Waals surface area contributed by atoms with Crippen LogP contribution in [-0.2, 0) is 17.8 Å². The minimum atomic E-state index is -0.908. The van der Waals surface area contributed by atoms with Crippen LogP contribution in [0, 0.1) is 0 Å². The SMILES string of the molecule is COc1ccc(-c2ccc(CNC(Cc3c[nH]c4ccccc34)C(=O)O)o2)cc1Cl. The molecule has 2 heterocycles. The molecule has 4 aromatic rings. The van der Waals surface area contributed by atoms with Crippen LogP contribution in [-0.4, -0.2) is 29.2 Å². The van der Waals surface area contributed by atoms with Crippen LogP contribution in [0.4, 0.5) is 0 Å². The van der Waals surface area contributed by atoms with E-state index >= 15 is 0 Å². The molecule has 0 saturated carbocycles. The second-order valence-corrected chi connectivity index (χ2v) is 7.36. The number of hydrogen-bond donors (Lipinski definition) is 3. The lowest BCUT2D eigenvalue weighted by Crippen LogP contribution is -2.37. The van der Waals surface area contributed by atoms with Crippen LogP contribution in [0.25, 0.3) is 22.2 Å². The van der Waals surface area contributed by atoms with Gasteiger partial charge in [-0.25, -0.2) is 0 Å². The van der Waals surface area contributed by atoms with Gasteiger partial charge in [-0.05, 0) is 42.0 Å². The number of aliphatic carboxylic acids is 1. The van der Waals surface area contributed by atoms with Gasteiger partial charge in [0, 0.05) is 29.1 Å². The Morgan fingerprint density at radius 1 is 1.23 bits per heavy atom. The highest BCUT2D eigenvalue weighted by Gasteiger charge is 2.20. The quantitative estimate of drug-likeness (QED) is 0.375. The second-order valence-electron chi connectivity index (χ2n) is 6.95. The van der Waals surface area contributed by atoms with Gasteiger partial charge in [-0.2, -0.15) is 0 Å². The smallest absolute Gasteiger partial charge is 0.321 e. The highest BCUT2D eigenvalue weighted by atomic mass is 35.5. The maximum absolute atomic E-state index is 11.8. The molecule has 30 heavy (non-hydrogen) atoms. The molecule has 6 nitrogen and oxygen atoms in total. The molecule has 7 heteroatoms. The number of furan rings is 1. The summed E-state index contributed by atoms with van der Waals surface area (Å²) in [5.41, 5.74) is 2.77. The van der Waals surface area contributed by atoms with Crippen molar-refractivity contribution in [2.45, 2.75) is 19.0 Å². The van der Waals surface area contributed by atoms with Gasteiger partial charge in [0.15, 0.2) is 0 Å². The van der Waals surface area contributed by atoms with Crippen molar-refractivity contribution in [1.29, 1.82) is 0 Å². The van der Waals surface area contributed by atoms with Crippen molar-refractivity contribution in [2.75, 3.05) is 7.11 Å². The number of benzene rings is 2. The molecule has 0 saturated heterocycles. The van der Waals surface area contributed by atoms with E-state index in [-0.39, 0.29) is 0 Å². The number of nitrogens with one attached hydrogen (secondary N) is 2. The first-order chi connectivity index (χ1) is 14.5. The predicted molar refractivity (Wildman–Crippen MR) is 116 cm³/mol. The molecule has 1 unspecified atom stereocenters. The fourth-order valence-electron chi connectivity index (χ4n) is 3.44. The number of methoxy groups -OCH3 is 1. The summed E-state index contributed by atoms with van der Waals surface area (Å²) in [6, 6.07) is 16.2. The van der Waals surface area contributed by atoms with Gasteiger partial charge in [-0.1, -0.05) is 29.8 Å². The fourth-order valence-corrected chi connectivity index (χ4v) is 3.70. The maximum Gasteiger partial charge on any atom is 0.321 e. The summed E-state index contributed by atoms with van der Waals surface area (Å²) in [7, 11) is 1.56. The van der Waals surface area contributed by atoms with Crippen molar-refractivity contribution in [2.24, 2.45) is 0 Å². The normalized spacial score (nSPS) is 12.2. The van der Waals surface area contributed by atoms with E-state index in [0.717, 1.165) is 22.0 Å². The summed E-state index contributed by atoms with van der Waals surface area (Å²) >= 11 is 6.19. The third kappa shape index (κ3) is 4.20. The summed E-state index contributed by atoms with van der Waals surface area (Å²) < 4.78 is 11.0. The lowest BCUT2D eigenvalue weighted by Gasteiger charge is -2.13. The number of aromatic nitrogens is 1. The standard InChI is InChI=1S/C23H21ClN2O4/c1-29-22-8-6-14(10-18(22)24)21-9-7-16(30-21)13-26-20(23(27)28)11-15-12-25-19-5-3-2-4-17(15)19/h2-10,12,20,25-26H,11,13H2,1H3,(H,27,28). The third-order valence-corrected chi connectivity index (χ3v) is 5.31. The van der Waals surface area contributed by atoms with Crippen LogP contribution >= 0.6 is 11.6 Å². The number of H-pyrrole nitrogens is 1. The number of para-hydroxylation sites is 1. The Morgan fingerprint density at radius 2 is 2.07 bits per heavy atom. The molecule has 4 rings (SSSR count). The number of carboxylic acid groups (broad SMARTS) is 1. The minimum absolute atomic E-state index is 0.295. The minimum Gasteiger partial charge on any atom is -0.495 e. The predicted octanol–water partition coefficient (Wildman–Crippen LogP) is 4.88. The monoisotopic (exact) mass is 424 g/mol. The molecule has 2 aromatic carbocycles. The molecule has 0 aliphatic rings. The van der Waals surface area contributed by atoms with E-state index < -0.39 is 12.0 Å². The number of aromatic amines is 1. The zero-order chi connectivity index (χ0) is 21.1. The summed E-state index contributed by atoms with van der Waals surface area (Å²) in [5, 5.41) is 14.3. The molecule has 0 aliphatic heterocycles. The largest absolute Gasteiger partial charge is 0.495 e. The van der Waals surface area contributed by atoms with Crippen molar-refractivity contribution in [1.82, 2.24) is 10.3 Å². The first-order valence-electron chi connectivity index (χ1n) is 9.49. The van der Waals surface area contributed by atoms with Crippen molar-refractivity contribution in [3.8, 4) is 17.1 Å². The van der Waals surface area contributed by atoms with Gasteiger partial charge in [0.1, 0.15) is 23.3 Å². The van der Waals surface area contributed by atoms with E-state index in [4.69, 9.17) is 20.8 Å². The van der Waals surface area contributed by atoms with Gasteiger partial charge < -0.3 is 19.2 Å². The van der Waals surface area contributed by atoms with Gasteiger partial charge in [0.05, 0.1) is 18.7 Å². The molecular weight excluding hydrogens is 404 g/mol. The number of halogens is 1. The van der Waals surface area contributed by atoms with Gasteiger partial charge >= 0.3 is 5.97 Å². The van der Waals surface area contributed by atoms with Crippen LogP contribution in [0.3, 0.4) is 0 Å². The van der Waals surface area contributed by atoms with Crippen LogP contribution in [0.2, 0.25) is 5.02 Å². The lowest BCUT2D eigenvalue weighted by atomic mass is 10.0. The number of ether oxygens (including phenoxy) is 1. The highest BCUT2D eigenvalue weighted by molar-refractivity contribution is 6.32. The number of carbonyl (C=O) groups is 1. The molecule has 1 atom stereocenters. The molecule has 2 aromatic heterocycles. The van der Waals surface area contributed by atoms with E-state index in [0.29, 0.717) is 35.3 Å². The number of carboxylic acids is 1. The van der Waals surface area contributed by atoms with Crippen molar-refractivity contribution < 1.29 is 19.1 Å². The Bertz CT molecular complexity index is 1180. The lowest BCUT2D eigenvalue weighted by molar-refractivity contribution is -0.139. The molecular formula is C23H21ClN2O4. The molecule has 154 valence electrons. The first kappa shape index (κ1) is 20.1. The Balaban J connectivity index is 1.45. The Hall–Kier alpha value is -3.22. The Kier molecular flexibility index (Phi) is 5.79. The summed E-state index contributed by atoms with van der Waals surface area (Å²) in [4.78, 5) is 15.0. The van der Waals surface area contributed by atoms with Crippen molar-refractivity contribution in [3.63, 3.8) is 0 Å². The van der Waals surface area contributed by atoms with E-state index in [1.54, 1.807) is 19.2 Å². The van der Waals surface area contributed by atoms with Crippen molar-refractivity contribution >= 4 is 28.5 Å². The summed E-state index contributed by atoms with van der Waals surface area (Å²) in [5.74, 6) is 0.978. The first-order valence-corrected chi connectivity index (χ1v) is 9.86. The molecule has 0 fully saturated rings. The topological polar surface area (TPSA) is 87.5 Å². The second kappa shape index (κ2) is 8.65. The van der Waals surface area contributed by atoms with E-state index in [9.17, 15) is 9.90 Å². The van der Waals surface area contributed by atoms with Crippen LogP contribution in [0.15, 0.2) is 65.2 Å². The maximum atomic E-state index is 11.8. The molecule has 0 spiro atoms. The third-order valence-electron chi connectivity index (χ3n) is 5.02. The van der Waals surface area contributed by atoms with E-state index in [1.165, 1.54) is 0 Å². The zero-order valence-electron chi connectivity index (χ0n) is 16.3. The zero-order valence-corrected chi connectivity index (χ0v) is 17.1. The van der Waals surface area contributed by atoms with Crippen LogP contribution in [0.5, 0.6) is 5.75 Å². The summed E-state index contributed by atoms with van der Waals surface area (Å²) in [6.45, 7) is 0.295. The Labute approximate surface area is 178 Å². The van der Waals surface area contributed by atoms with Gasteiger partial charge in [0.2, 0.25) is 0 Å². The van der Waals surface area contributed by atoms with Crippen molar-refractivity contribution in [3.05, 3.63) is 77.1 Å². The average molecular weight is 425 g/mol. The average Bonchev–Trinajstić information content (AvgIpc) is 3.38. The molecule has 0 radical (unpaired) electrons. The van der Waals surface area contributed by atoms with Gasteiger partial charge in [0.25, 0.3) is 0 Å². The van der Waals surface area contributed by atoms with Crippen LogP contribution in [0.1, 0.15) is 11.3 Å². The molecule has 0 aliphatic carbocycles. The van der Waals surface area contributed by atoms with E-state index in [1.807, 2.05) is 48.7 Å². The van der Waals surface area contributed by atoms with Gasteiger partial charge in [-0.15, -0.1) is 0 Å². The van der Waals surface area contributed by atoms with Crippen LogP contribution < -0.4 is 10.1 Å². The molecule has 0 amide bonds.